The first kappa shape index (κ1) is 13.3. The van der Waals surface area contributed by atoms with Gasteiger partial charge >= 0.3 is 0 Å². The maximum Gasteiger partial charge on any atom is 0.0674 e. The maximum atomic E-state index is 5.69. The minimum atomic E-state index is 0.355. The molecule has 1 N–H and O–H groups in total. The monoisotopic (exact) mass is 240 g/mol. The molecule has 0 radical (unpaired) electrons. The lowest BCUT2D eigenvalue weighted by atomic mass is 9.91. The molecule has 1 saturated heterocycles. The van der Waals surface area contributed by atoms with E-state index in [-0.39, 0.29) is 0 Å². The van der Waals surface area contributed by atoms with Crippen LogP contribution in [-0.2, 0) is 4.74 Å². The number of rotatable bonds is 5. The smallest absolute Gasteiger partial charge is 0.0674 e. The number of morpholine rings is 1. The van der Waals surface area contributed by atoms with E-state index < -0.39 is 0 Å². The van der Waals surface area contributed by atoms with Crippen molar-refractivity contribution in [2.24, 2.45) is 5.41 Å². The Hall–Kier alpha value is -0.120. The molecule has 1 aliphatic heterocycles. The highest BCUT2D eigenvalue weighted by Gasteiger charge is 2.30. The highest BCUT2D eigenvalue weighted by atomic mass is 16.5. The number of nitrogens with one attached hydrogen (secondary N) is 1. The predicted octanol–water partition coefficient (Wildman–Crippen LogP) is 1.87. The van der Waals surface area contributed by atoms with Gasteiger partial charge in [-0.3, -0.25) is 4.90 Å². The van der Waals surface area contributed by atoms with E-state index in [9.17, 15) is 0 Å². The lowest BCUT2D eigenvalue weighted by Gasteiger charge is -2.41. The molecule has 100 valence electrons. The van der Waals surface area contributed by atoms with Crippen LogP contribution in [0.4, 0.5) is 0 Å². The van der Waals surface area contributed by atoms with Crippen LogP contribution in [0.1, 0.15) is 40.5 Å². The Morgan fingerprint density at radius 2 is 2.00 bits per heavy atom. The minimum Gasteiger partial charge on any atom is -0.376 e. The highest BCUT2D eigenvalue weighted by Crippen LogP contribution is 2.24. The topological polar surface area (TPSA) is 24.5 Å². The van der Waals surface area contributed by atoms with E-state index in [1.165, 1.54) is 19.4 Å². The van der Waals surface area contributed by atoms with Gasteiger partial charge in [-0.05, 0) is 32.1 Å². The fourth-order valence-corrected chi connectivity index (χ4v) is 2.51. The average Bonchev–Trinajstić information content (AvgIpc) is 3.04. The van der Waals surface area contributed by atoms with Crippen molar-refractivity contribution in [3.8, 4) is 0 Å². The van der Waals surface area contributed by atoms with Gasteiger partial charge in [0, 0.05) is 31.7 Å². The van der Waals surface area contributed by atoms with Gasteiger partial charge < -0.3 is 10.1 Å². The third-order valence-electron chi connectivity index (χ3n) is 3.81. The molecule has 3 heteroatoms. The van der Waals surface area contributed by atoms with Gasteiger partial charge in [0.1, 0.15) is 0 Å². The molecule has 0 amide bonds. The Balaban J connectivity index is 1.79. The van der Waals surface area contributed by atoms with E-state index in [0.29, 0.717) is 17.6 Å². The molecule has 2 atom stereocenters. The Morgan fingerprint density at radius 3 is 2.65 bits per heavy atom. The normalized spacial score (nSPS) is 31.8. The summed E-state index contributed by atoms with van der Waals surface area (Å²) in [5, 5.41) is 3.65. The second kappa shape index (κ2) is 5.25. The van der Waals surface area contributed by atoms with Gasteiger partial charge in [-0.1, -0.05) is 13.8 Å². The standard InChI is InChI=1S/C14H28N2O/c1-11-8-17-12(2)7-16(11)10-14(3,4)9-15-13-5-6-13/h11-13,15H,5-10H2,1-4H3. The summed E-state index contributed by atoms with van der Waals surface area (Å²) in [6, 6.07) is 1.38. The first-order chi connectivity index (χ1) is 7.96. The number of nitrogens with zero attached hydrogens (tertiary/aromatic N) is 1. The SMILES string of the molecule is CC1CN(CC(C)(C)CNC2CC2)C(C)CO1. The zero-order chi connectivity index (χ0) is 12.5. The second-order valence-corrected chi connectivity index (χ2v) is 6.74. The molecular formula is C14H28N2O. The first-order valence-electron chi connectivity index (χ1n) is 7.05. The van der Waals surface area contributed by atoms with E-state index in [1.807, 2.05) is 0 Å². The average molecular weight is 240 g/mol. The first-order valence-corrected chi connectivity index (χ1v) is 7.05. The minimum absolute atomic E-state index is 0.355. The molecule has 2 aliphatic rings. The number of hydrogen-bond donors (Lipinski definition) is 1. The fraction of sp³-hybridized carbons (Fsp3) is 1.00. The van der Waals surface area contributed by atoms with Gasteiger partial charge in [-0.25, -0.2) is 0 Å². The van der Waals surface area contributed by atoms with E-state index in [0.717, 1.165) is 25.7 Å². The van der Waals surface area contributed by atoms with Gasteiger partial charge in [-0.15, -0.1) is 0 Å². The third kappa shape index (κ3) is 4.23. The zero-order valence-electron chi connectivity index (χ0n) is 11.8. The Morgan fingerprint density at radius 1 is 1.29 bits per heavy atom. The molecule has 1 aliphatic carbocycles. The quantitative estimate of drug-likeness (QED) is 0.794. The second-order valence-electron chi connectivity index (χ2n) is 6.74. The van der Waals surface area contributed by atoms with E-state index in [1.54, 1.807) is 0 Å². The molecule has 1 heterocycles. The van der Waals surface area contributed by atoms with E-state index in [4.69, 9.17) is 4.74 Å². The number of hydrogen-bond acceptors (Lipinski definition) is 3. The van der Waals surface area contributed by atoms with Gasteiger partial charge in [-0.2, -0.15) is 0 Å². The van der Waals surface area contributed by atoms with Crippen molar-refractivity contribution in [3.63, 3.8) is 0 Å². The molecule has 2 unspecified atom stereocenters. The summed E-state index contributed by atoms with van der Waals surface area (Å²) in [5.41, 5.74) is 0.355. The zero-order valence-corrected chi connectivity index (χ0v) is 11.8. The van der Waals surface area contributed by atoms with Crippen molar-refractivity contribution in [1.82, 2.24) is 10.2 Å². The van der Waals surface area contributed by atoms with Crippen LogP contribution >= 0.6 is 0 Å². The molecule has 3 nitrogen and oxygen atoms in total. The molecule has 0 bridgehead atoms. The van der Waals surface area contributed by atoms with Crippen LogP contribution < -0.4 is 5.32 Å². The van der Waals surface area contributed by atoms with Crippen molar-refractivity contribution >= 4 is 0 Å². The summed E-state index contributed by atoms with van der Waals surface area (Å²) >= 11 is 0. The van der Waals surface area contributed by atoms with E-state index in [2.05, 4.69) is 37.9 Å². The van der Waals surface area contributed by atoms with Crippen LogP contribution in [0, 0.1) is 5.41 Å². The number of ether oxygens (including phenoxy) is 1. The van der Waals surface area contributed by atoms with Gasteiger partial charge in [0.05, 0.1) is 12.7 Å². The Kier molecular flexibility index (Phi) is 4.11. The van der Waals surface area contributed by atoms with Crippen LogP contribution in [0.2, 0.25) is 0 Å². The lowest BCUT2D eigenvalue weighted by Crippen LogP contribution is -2.52. The Labute approximate surface area is 106 Å². The molecule has 0 aromatic carbocycles. The summed E-state index contributed by atoms with van der Waals surface area (Å²) in [6.45, 7) is 13.5. The fourth-order valence-electron chi connectivity index (χ4n) is 2.51. The van der Waals surface area contributed by atoms with Crippen molar-refractivity contribution in [3.05, 3.63) is 0 Å². The van der Waals surface area contributed by atoms with Crippen LogP contribution in [-0.4, -0.2) is 49.3 Å². The summed E-state index contributed by atoms with van der Waals surface area (Å²) in [6.07, 6.45) is 3.14. The van der Waals surface area contributed by atoms with Crippen LogP contribution in [0.25, 0.3) is 0 Å². The van der Waals surface area contributed by atoms with Crippen LogP contribution in [0.3, 0.4) is 0 Å². The molecule has 0 spiro atoms. The molecule has 17 heavy (non-hydrogen) atoms. The van der Waals surface area contributed by atoms with Crippen LogP contribution in [0.5, 0.6) is 0 Å². The van der Waals surface area contributed by atoms with Gasteiger partial charge in [0.25, 0.3) is 0 Å². The van der Waals surface area contributed by atoms with Crippen molar-refractivity contribution in [2.75, 3.05) is 26.2 Å². The van der Waals surface area contributed by atoms with Crippen molar-refractivity contribution in [1.29, 1.82) is 0 Å². The summed E-state index contributed by atoms with van der Waals surface area (Å²) in [7, 11) is 0. The molecule has 1 saturated carbocycles. The lowest BCUT2D eigenvalue weighted by molar-refractivity contribution is -0.0600. The summed E-state index contributed by atoms with van der Waals surface area (Å²) in [5.74, 6) is 0. The van der Waals surface area contributed by atoms with Crippen LogP contribution in [0.15, 0.2) is 0 Å². The molecule has 0 aromatic rings. The van der Waals surface area contributed by atoms with Crippen molar-refractivity contribution in [2.45, 2.75) is 58.7 Å². The molecular weight excluding hydrogens is 212 g/mol. The third-order valence-corrected chi connectivity index (χ3v) is 3.81. The van der Waals surface area contributed by atoms with Gasteiger partial charge in [0.15, 0.2) is 0 Å². The largest absolute Gasteiger partial charge is 0.376 e. The van der Waals surface area contributed by atoms with E-state index >= 15 is 0 Å². The summed E-state index contributed by atoms with van der Waals surface area (Å²) in [4.78, 5) is 2.59. The highest BCUT2D eigenvalue weighted by molar-refractivity contribution is 4.87. The van der Waals surface area contributed by atoms with Crippen molar-refractivity contribution < 1.29 is 4.74 Å². The Bertz CT molecular complexity index is 251. The van der Waals surface area contributed by atoms with Gasteiger partial charge in [0.2, 0.25) is 0 Å². The molecule has 2 fully saturated rings. The predicted molar refractivity (Wildman–Crippen MR) is 71.3 cm³/mol. The molecule has 2 rings (SSSR count). The summed E-state index contributed by atoms with van der Waals surface area (Å²) < 4.78 is 5.69. The maximum absolute atomic E-state index is 5.69. The molecule has 0 aromatic heterocycles.